The molecule has 0 radical (unpaired) electrons. The van der Waals surface area contributed by atoms with Crippen LogP contribution in [-0.4, -0.2) is 51.9 Å². The van der Waals surface area contributed by atoms with Crippen molar-refractivity contribution in [3.63, 3.8) is 0 Å². The molecule has 2 saturated heterocycles. The van der Waals surface area contributed by atoms with Crippen molar-refractivity contribution in [3.05, 3.63) is 59.7 Å². The van der Waals surface area contributed by atoms with Crippen LogP contribution in [0, 0.1) is 5.92 Å². The minimum Gasteiger partial charge on any atom is -0.370 e. The van der Waals surface area contributed by atoms with E-state index in [1.54, 1.807) is 12.1 Å². The van der Waals surface area contributed by atoms with E-state index < -0.39 is 10.0 Å². The second kappa shape index (κ2) is 10.7. The van der Waals surface area contributed by atoms with Crippen molar-refractivity contribution >= 4 is 21.6 Å². The average molecular weight is 470 g/mol. The van der Waals surface area contributed by atoms with Crippen LogP contribution in [0.3, 0.4) is 0 Å². The third-order valence-electron chi connectivity index (χ3n) is 6.75. The molecule has 2 aromatic rings. The van der Waals surface area contributed by atoms with Gasteiger partial charge >= 0.3 is 0 Å². The molecule has 0 saturated carbocycles. The van der Waals surface area contributed by atoms with Crippen LogP contribution in [0.15, 0.2) is 53.4 Å². The van der Waals surface area contributed by atoms with Gasteiger partial charge in [0.25, 0.3) is 5.91 Å². The molecule has 1 N–H and O–H groups in total. The molecule has 0 bridgehead atoms. The molecule has 0 unspecified atom stereocenters. The third-order valence-corrected chi connectivity index (χ3v) is 8.24. The van der Waals surface area contributed by atoms with Gasteiger partial charge in [0.1, 0.15) is 4.90 Å². The molecule has 33 heavy (non-hydrogen) atoms. The number of rotatable bonds is 8. The molecule has 1 amide bonds. The minimum atomic E-state index is -3.68. The number of hydrogen-bond donors (Lipinski definition) is 1. The van der Waals surface area contributed by atoms with Crippen molar-refractivity contribution in [3.8, 4) is 0 Å². The Bertz CT molecular complexity index is 1040. The number of likely N-dealkylation sites (tertiary alicyclic amines) is 1. The lowest BCUT2D eigenvalue weighted by Crippen LogP contribution is -2.39. The fourth-order valence-electron chi connectivity index (χ4n) is 4.87. The summed E-state index contributed by atoms with van der Waals surface area (Å²) in [6.07, 6.45) is 5.81. The van der Waals surface area contributed by atoms with E-state index in [0.29, 0.717) is 36.8 Å². The second-order valence-electron chi connectivity index (χ2n) is 9.20. The molecule has 0 aromatic heterocycles. The van der Waals surface area contributed by atoms with E-state index in [9.17, 15) is 13.2 Å². The van der Waals surface area contributed by atoms with Crippen LogP contribution in [0.4, 0.5) is 5.69 Å². The molecule has 4 rings (SSSR count). The van der Waals surface area contributed by atoms with Crippen molar-refractivity contribution in [1.29, 1.82) is 0 Å². The molecule has 2 aromatic carbocycles. The summed E-state index contributed by atoms with van der Waals surface area (Å²) < 4.78 is 28.8. The normalized spacial score (nSPS) is 17.5. The minimum absolute atomic E-state index is 0.0759. The van der Waals surface area contributed by atoms with E-state index in [-0.39, 0.29) is 10.8 Å². The first-order valence-corrected chi connectivity index (χ1v) is 13.7. The van der Waals surface area contributed by atoms with Gasteiger partial charge in [-0.05, 0) is 68.2 Å². The summed E-state index contributed by atoms with van der Waals surface area (Å²) in [7, 11) is -3.68. The maximum Gasteiger partial charge on any atom is 0.253 e. The number of piperidine rings is 1. The van der Waals surface area contributed by atoms with Gasteiger partial charge in [-0.15, -0.1) is 0 Å². The lowest BCUT2D eigenvalue weighted by atomic mass is 9.90. The van der Waals surface area contributed by atoms with E-state index in [0.717, 1.165) is 51.6 Å². The Morgan fingerprint density at radius 3 is 2.36 bits per heavy atom. The average Bonchev–Trinajstić information content (AvgIpc) is 3.38. The predicted molar refractivity (Wildman–Crippen MR) is 132 cm³/mol. The van der Waals surface area contributed by atoms with Gasteiger partial charge in [0.15, 0.2) is 0 Å². The Hall–Kier alpha value is -2.38. The largest absolute Gasteiger partial charge is 0.370 e. The third kappa shape index (κ3) is 5.76. The maximum absolute atomic E-state index is 13.3. The van der Waals surface area contributed by atoms with Gasteiger partial charge in [-0.25, -0.2) is 13.1 Å². The number of benzene rings is 2. The zero-order valence-corrected chi connectivity index (χ0v) is 20.3. The van der Waals surface area contributed by atoms with Gasteiger partial charge < -0.3 is 9.80 Å². The maximum atomic E-state index is 13.3. The van der Waals surface area contributed by atoms with Crippen molar-refractivity contribution in [2.24, 2.45) is 5.92 Å². The number of nitrogens with zero attached hydrogens (tertiary/aromatic N) is 2. The summed E-state index contributed by atoms with van der Waals surface area (Å²) in [5, 5.41) is 0. The highest BCUT2D eigenvalue weighted by atomic mass is 32.2. The first-order chi connectivity index (χ1) is 16.0. The summed E-state index contributed by atoms with van der Waals surface area (Å²) in [4.78, 5) is 17.5. The van der Waals surface area contributed by atoms with E-state index >= 15 is 0 Å². The molecular weight excluding hydrogens is 434 g/mol. The molecule has 7 heteroatoms. The van der Waals surface area contributed by atoms with Gasteiger partial charge in [0.05, 0.1) is 5.69 Å². The van der Waals surface area contributed by atoms with Crippen LogP contribution in [0.1, 0.15) is 54.9 Å². The molecule has 0 spiro atoms. The quantitative estimate of drug-likeness (QED) is 0.633. The van der Waals surface area contributed by atoms with Crippen LogP contribution < -0.4 is 9.62 Å². The van der Waals surface area contributed by atoms with Gasteiger partial charge in [0, 0.05) is 38.3 Å². The second-order valence-corrected chi connectivity index (χ2v) is 10.9. The van der Waals surface area contributed by atoms with Crippen molar-refractivity contribution in [1.82, 2.24) is 9.62 Å². The Kier molecular flexibility index (Phi) is 7.71. The van der Waals surface area contributed by atoms with Gasteiger partial charge in [-0.1, -0.05) is 37.3 Å². The fourth-order valence-corrected chi connectivity index (χ4v) is 6.25. The van der Waals surface area contributed by atoms with Crippen LogP contribution >= 0.6 is 0 Å². The Morgan fingerprint density at radius 2 is 1.70 bits per heavy atom. The Morgan fingerprint density at radius 1 is 1.00 bits per heavy atom. The number of carbonyl (C=O) groups is 1. The van der Waals surface area contributed by atoms with Crippen LogP contribution in [-0.2, 0) is 16.4 Å². The smallest absolute Gasteiger partial charge is 0.253 e. The molecule has 2 aliphatic heterocycles. The molecule has 0 atom stereocenters. The molecular formula is C26H35N3O3S. The van der Waals surface area contributed by atoms with Crippen LogP contribution in [0.2, 0.25) is 0 Å². The van der Waals surface area contributed by atoms with E-state index in [2.05, 4.69) is 33.9 Å². The standard InChI is InChI=1S/C26H35N3O3S/c1-2-14-27-33(31,32)25-20-23(10-11-24(25)28-15-6-7-16-28)26(30)29-17-12-22(13-18-29)19-21-8-4-3-5-9-21/h3-5,8-11,20,22,27H,2,6-7,12-19H2,1H3. The fraction of sp³-hybridized carbons (Fsp3) is 0.500. The number of hydrogen-bond acceptors (Lipinski definition) is 4. The van der Waals surface area contributed by atoms with E-state index in [4.69, 9.17) is 0 Å². The highest BCUT2D eigenvalue weighted by Gasteiger charge is 2.28. The molecule has 6 nitrogen and oxygen atoms in total. The first-order valence-electron chi connectivity index (χ1n) is 12.2. The topological polar surface area (TPSA) is 69.7 Å². The van der Waals surface area contributed by atoms with E-state index in [1.165, 1.54) is 5.56 Å². The molecule has 2 fully saturated rings. The summed E-state index contributed by atoms with van der Waals surface area (Å²) in [5.41, 5.74) is 2.50. The molecule has 2 aliphatic rings. The highest BCUT2D eigenvalue weighted by molar-refractivity contribution is 7.89. The summed E-state index contributed by atoms with van der Waals surface area (Å²) in [6, 6.07) is 15.7. The van der Waals surface area contributed by atoms with E-state index in [1.807, 2.05) is 24.0 Å². The van der Waals surface area contributed by atoms with Gasteiger partial charge in [0.2, 0.25) is 10.0 Å². The van der Waals surface area contributed by atoms with Gasteiger partial charge in [-0.3, -0.25) is 4.79 Å². The van der Waals surface area contributed by atoms with Gasteiger partial charge in [-0.2, -0.15) is 0 Å². The molecule has 0 aliphatic carbocycles. The van der Waals surface area contributed by atoms with Crippen LogP contribution in [0.25, 0.3) is 0 Å². The predicted octanol–water partition coefficient (Wildman–Crippen LogP) is 4.07. The number of amides is 1. The van der Waals surface area contributed by atoms with Crippen molar-refractivity contribution in [2.45, 2.75) is 50.3 Å². The first kappa shape index (κ1) is 23.8. The Labute approximate surface area is 198 Å². The number of carbonyl (C=O) groups excluding carboxylic acids is 1. The number of sulfonamides is 1. The van der Waals surface area contributed by atoms with Crippen molar-refractivity contribution in [2.75, 3.05) is 37.6 Å². The molecule has 178 valence electrons. The summed E-state index contributed by atoms with van der Waals surface area (Å²) in [5.74, 6) is 0.497. The lowest BCUT2D eigenvalue weighted by Gasteiger charge is -2.32. The zero-order chi connectivity index (χ0) is 23.3. The Balaban J connectivity index is 1.49. The van der Waals surface area contributed by atoms with Crippen molar-refractivity contribution < 1.29 is 13.2 Å². The number of anilines is 1. The zero-order valence-electron chi connectivity index (χ0n) is 19.5. The summed E-state index contributed by atoms with van der Waals surface area (Å²) in [6.45, 7) is 5.43. The highest BCUT2D eigenvalue weighted by Crippen LogP contribution is 2.30. The number of nitrogens with one attached hydrogen (secondary N) is 1. The van der Waals surface area contributed by atoms with Crippen LogP contribution in [0.5, 0.6) is 0 Å². The SMILES string of the molecule is CCCNS(=O)(=O)c1cc(C(=O)N2CCC(Cc3ccccc3)CC2)ccc1N1CCCC1. The monoisotopic (exact) mass is 469 g/mol. The molecule has 2 heterocycles. The summed E-state index contributed by atoms with van der Waals surface area (Å²) >= 11 is 0. The lowest BCUT2D eigenvalue weighted by molar-refractivity contribution is 0.0690.